The molecule has 0 amide bonds. The lowest BCUT2D eigenvalue weighted by atomic mass is 10.2. The van der Waals surface area contributed by atoms with E-state index in [0.29, 0.717) is 19.6 Å². The first-order valence-corrected chi connectivity index (χ1v) is 3.11. The van der Waals surface area contributed by atoms with Gasteiger partial charge in [-0.1, -0.05) is 0 Å². The Bertz CT molecular complexity index is 103. The number of rotatable bonds is 0. The van der Waals surface area contributed by atoms with Crippen molar-refractivity contribution in [3.8, 4) is 0 Å². The van der Waals surface area contributed by atoms with Gasteiger partial charge in [0.05, 0.1) is 18.5 Å². The molecule has 46 valence electrons. The van der Waals surface area contributed by atoms with E-state index >= 15 is 0 Å². The third-order valence-corrected chi connectivity index (χ3v) is 1.58. The summed E-state index contributed by atoms with van der Waals surface area (Å²) in [5, 5.41) is -0.163. The van der Waals surface area contributed by atoms with Crippen LogP contribution in [0.15, 0.2) is 0 Å². The van der Waals surface area contributed by atoms with Crippen LogP contribution >= 0.6 is 12.6 Å². The molecule has 0 aliphatic carbocycles. The maximum absolute atomic E-state index is 10.6. The Labute approximate surface area is 53.6 Å². The fourth-order valence-electron chi connectivity index (χ4n) is 0.627. The third kappa shape index (κ3) is 1.23. The molecule has 1 fully saturated rings. The topological polar surface area (TPSA) is 26.3 Å². The Morgan fingerprint density at radius 1 is 1.75 bits per heavy atom. The van der Waals surface area contributed by atoms with E-state index in [2.05, 4.69) is 12.6 Å². The highest BCUT2D eigenvalue weighted by Gasteiger charge is 2.17. The summed E-state index contributed by atoms with van der Waals surface area (Å²) >= 11 is 3.98. The zero-order chi connectivity index (χ0) is 5.98. The molecule has 8 heavy (non-hydrogen) atoms. The summed E-state index contributed by atoms with van der Waals surface area (Å²) in [6.45, 7) is 1.07. The predicted octanol–water partition coefficient (Wildman–Crippen LogP) is 0.274. The summed E-state index contributed by atoms with van der Waals surface area (Å²) in [5.74, 6) is 0.208. The molecule has 3 heteroatoms. The lowest BCUT2D eigenvalue weighted by Crippen LogP contribution is -2.27. The third-order valence-electron chi connectivity index (χ3n) is 1.14. The van der Waals surface area contributed by atoms with E-state index in [1.54, 1.807) is 0 Å². The highest BCUT2D eigenvalue weighted by molar-refractivity contribution is 7.81. The van der Waals surface area contributed by atoms with E-state index in [4.69, 9.17) is 4.74 Å². The smallest absolute Gasteiger partial charge is 0.150 e. The average molecular weight is 132 g/mol. The Hall–Kier alpha value is -0.0200. The van der Waals surface area contributed by atoms with Crippen LogP contribution in [0.1, 0.15) is 6.42 Å². The van der Waals surface area contributed by atoms with Crippen LogP contribution in [0.5, 0.6) is 0 Å². The van der Waals surface area contributed by atoms with Crippen molar-refractivity contribution in [1.29, 1.82) is 0 Å². The fourth-order valence-corrected chi connectivity index (χ4v) is 0.862. The van der Waals surface area contributed by atoms with Crippen LogP contribution in [-0.2, 0) is 9.53 Å². The molecule has 0 aromatic rings. The van der Waals surface area contributed by atoms with Crippen LogP contribution in [0.25, 0.3) is 0 Å². The summed E-state index contributed by atoms with van der Waals surface area (Å²) in [7, 11) is 0. The minimum atomic E-state index is -0.163. The number of Topliss-reactive ketones (excluding diaryl/α,β-unsaturated/α-hetero) is 1. The Morgan fingerprint density at radius 3 is 2.88 bits per heavy atom. The number of ketones is 1. The van der Waals surface area contributed by atoms with E-state index in [1.165, 1.54) is 0 Å². The molecular weight excluding hydrogens is 124 g/mol. The van der Waals surface area contributed by atoms with Crippen molar-refractivity contribution in [3.63, 3.8) is 0 Å². The fraction of sp³-hybridized carbons (Fsp3) is 0.800. The maximum Gasteiger partial charge on any atom is 0.150 e. The Kier molecular flexibility index (Phi) is 1.91. The molecular formula is C5H8O2S. The number of ether oxygens (including phenoxy) is 1. The lowest BCUT2D eigenvalue weighted by molar-refractivity contribution is -0.123. The lowest BCUT2D eigenvalue weighted by Gasteiger charge is -2.15. The van der Waals surface area contributed by atoms with E-state index in [1.807, 2.05) is 0 Å². The van der Waals surface area contributed by atoms with Gasteiger partial charge < -0.3 is 4.74 Å². The van der Waals surface area contributed by atoms with Gasteiger partial charge in [0.15, 0.2) is 0 Å². The first-order chi connectivity index (χ1) is 3.80. The molecule has 0 aromatic heterocycles. The minimum absolute atomic E-state index is 0.163. The molecule has 1 heterocycles. The molecule has 2 nitrogen and oxygen atoms in total. The van der Waals surface area contributed by atoms with Crippen LogP contribution < -0.4 is 0 Å². The van der Waals surface area contributed by atoms with Gasteiger partial charge in [-0.2, -0.15) is 12.6 Å². The van der Waals surface area contributed by atoms with Crippen molar-refractivity contribution in [2.75, 3.05) is 13.2 Å². The van der Waals surface area contributed by atoms with Gasteiger partial charge >= 0.3 is 0 Å². The summed E-state index contributed by atoms with van der Waals surface area (Å²) in [5.41, 5.74) is 0. The van der Waals surface area contributed by atoms with Gasteiger partial charge in [-0.15, -0.1) is 0 Å². The number of carbonyl (C=O) groups excluding carboxylic acids is 1. The van der Waals surface area contributed by atoms with Gasteiger partial charge in [-0.05, 0) is 0 Å². The van der Waals surface area contributed by atoms with Gasteiger partial charge in [0.2, 0.25) is 0 Å². The van der Waals surface area contributed by atoms with Gasteiger partial charge in [0.25, 0.3) is 0 Å². The zero-order valence-corrected chi connectivity index (χ0v) is 5.36. The molecule has 0 spiro atoms. The van der Waals surface area contributed by atoms with Gasteiger partial charge in [-0.25, -0.2) is 0 Å². The van der Waals surface area contributed by atoms with Gasteiger partial charge in [-0.3, -0.25) is 4.79 Å². The van der Waals surface area contributed by atoms with Crippen LogP contribution in [-0.4, -0.2) is 24.2 Å². The van der Waals surface area contributed by atoms with Crippen LogP contribution in [0.3, 0.4) is 0 Å². The van der Waals surface area contributed by atoms with Crippen molar-refractivity contribution in [2.24, 2.45) is 0 Å². The Balaban J connectivity index is 2.39. The number of hydrogen-bond acceptors (Lipinski definition) is 3. The number of hydrogen-bond donors (Lipinski definition) is 1. The molecule has 0 aromatic carbocycles. The van der Waals surface area contributed by atoms with Crippen molar-refractivity contribution in [3.05, 3.63) is 0 Å². The normalized spacial score (nSPS) is 30.6. The van der Waals surface area contributed by atoms with E-state index in [9.17, 15) is 4.79 Å². The molecule has 1 atom stereocenters. The van der Waals surface area contributed by atoms with Crippen molar-refractivity contribution < 1.29 is 9.53 Å². The largest absolute Gasteiger partial charge is 0.379 e. The molecule has 0 saturated carbocycles. The molecule has 0 bridgehead atoms. The first-order valence-electron chi connectivity index (χ1n) is 2.59. The van der Waals surface area contributed by atoms with Gasteiger partial charge in [0.1, 0.15) is 5.78 Å². The summed E-state index contributed by atoms with van der Waals surface area (Å²) < 4.78 is 4.95. The molecule has 0 radical (unpaired) electrons. The molecule has 0 N–H and O–H groups in total. The second kappa shape index (κ2) is 2.51. The zero-order valence-electron chi connectivity index (χ0n) is 4.46. The predicted molar refractivity (Wildman–Crippen MR) is 33.2 cm³/mol. The monoisotopic (exact) mass is 132 g/mol. The van der Waals surface area contributed by atoms with E-state index in [-0.39, 0.29) is 11.0 Å². The Morgan fingerprint density at radius 2 is 2.50 bits per heavy atom. The summed E-state index contributed by atoms with van der Waals surface area (Å²) in [4.78, 5) is 10.6. The second-order valence-corrected chi connectivity index (χ2v) is 2.43. The van der Waals surface area contributed by atoms with E-state index < -0.39 is 0 Å². The molecule has 1 rings (SSSR count). The SMILES string of the molecule is O=C1CCOCC1S. The van der Waals surface area contributed by atoms with Gasteiger partial charge in [0, 0.05) is 6.42 Å². The van der Waals surface area contributed by atoms with Crippen LogP contribution in [0, 0.1) is 0 Å². The minimum Gasteiger partial charge on any atom is -0.379 e. The summed E-state index contributed by atoms with van der Waals surface area (Å²) in [6, 6.07) is 0. The first kappa shape index (κ1) is 6.11. The molecule has 1 saturated heterocycles. The molecule has 1 aliphatic rings. The van der Waals surface area contributed by atoms with E-state index in [0.717, 1.165) is 0 Å². The number of carbonyl (C=O) groups is 1. The van der Waals surface area contributed by atoms with Crippen molar-refractivity contribution in [2.45, 2.75) is 11.7 Å². The van der Waals surface area contributed by atoms with Crippen molar-refractivity contribution >= 4 is 18.4 Å². The highest BCUT2D eigenvalue weighted by Crippen LogP contribution is 2.06. The second-order valence-electron chi connectivity index (χ2n) is 1.81. The number of thiol groups is 1. The average Bonchev–Trinajstić information content (AvgIpc) is 1.77. The van der Waals surface area contributed by atoms with Crippen LogP contribution in [0.4, 0.5) is 0 Å². The quantitative estimate of drug-likeness (QED) is 0.479. The molecule has 1 aliphatic heterocycles. The standard InChI is InChI=1S/C5H8O2S/c6-4-1-2-7-3-5(4)8/h5,8H,1-3H2. The van der Waals surface area contributed by atoms with Crippen LogP contribution in [0.2, 0.25) is 0 Å². The maximum atomic E-state index is 10.6. The summed E-state index contributed by atoms with van der Waals surface area (Å²) in [6.07, 6.45) is 0.536. The molecule has 1 unspecified atom stereocenters. The highest BCUT2D eigenvalue weighted by atomic mass is 32.1. The van der Waals surface area contributed by atoms with Crippen molar-refractivity contribution in [1.82, 2.24) is 0 Å².